The molecule has 1 fully saturated rings. The van der Waals surface area contributed by atoms with Gasteiger partial charge in [-0.05, 0) is 42.1 Å². The van der Waals surface area contributed by atoms with Gasteiger partial charge in [0.25, 0.3) is 5.91 Å². The Hall–Kier alpha value is -3.48. The number of likely N-dealkylation sites (tertiary alicyclic amines) is 1. The average Bonchev–Trinajstić information content (AvgIpc) is 2.84. The molecule has 5 rings (SSSR count). The lowest BCUT2D eigenvalue weighted by Gasteiger charge is -2.39. The smallest absolute Gasteiger partial charge is 0.270 e. The van der Waals surface area contributed by atoms with Gasteiger partial charge in [-0.25, -0.2) is 9.37 Å². The first-order chi connectivity index (χ1) is 17.0. The van der Waals surface area contributed by atoms with E-state index in [0.29, 0.717) is 23.0 Å². The van der Waals surface area contributed by atoms with Gasteiger partial charge >= 0.3 is 0 Å². The number of nitrogens with one attached hydrogen (secondary N) is 1. The summed E-state index contributed by atoms with van der Waals surface area (Å²) in [6.07, 6.45) is 0.880. The van der Waals surface area contributed by atoms with E-state index in [1.165, 1.54) is 12.1 Å². The molecule has 1 aliphatic heterocycles. The summed E-state index contributed by atoms with van der Waals surface area (Å²) in [5, 5.41) is 5.45. The Kier molecular flexibility index (Phi) is 6.93. The second-order valence-electron chi connectivity index (χ2n) is 8.65. The predicted octanol–water partition coefficient (Wildman–Crippen LogP) is 5.58. The standard InChI is InChI=1S/C28H25ClFN3O2/c29-21-11-9-19(10-12-21)26-15-20-5-1-2-8-25(20)27(32-26)28(34)31-13-4-14-33-17-24(18-33)35-23-7-3-6-22(30)16-23/h1-3,5-12,15-16,24H,4,13-14,17-18H2,(H,31,34). The van der Waals surface area contributed by atoms with Crippen LogP contribution in [0.1, 0.15) is 16.9 Å². The number of hydrogen-bond donors (Lipinski definition) is 1. The number of nitrogens with zero attached hydrogens (tertiary/aromatic N) is 2. The Morgan fingerprint density at radius 1 is 1.06 bits per heavy atom. The summed E-state index contributed by atoms with van der Waals surface area (Å²) in [6.45, 7) is 2.98. The number of fused-ring (bicyclic) bond motifs is 1. The average molecular weight is 490 g/mol. The lowest BCUT2D eigenvalue weighted by Crippen LogP contribution is -2.54. The third-order valence-electron chi connectivity index (χ3n) is 6.05. The van der Waals surface area contributed by atoms with Gasteiger partial charge in [-0.2, -0.15) is 0 Å². The largest absolute Gasteiger partial charge is 0.488 e. The van der Waals surface area contributed by atoms with Gasteiger partial charge in [0.1, 0.15) is 23.4 Å². The van der Waals surface area contributed by atoms with Gasteiger partial charge < -0.3 is 10.1 Å². The SMILES string of the molecule is O=C(NCCCN1CC(Oc2cccc(F)c2)C1)c1nc(-c2ccc(Cl)cc2)cc2ccccc12. The molecule has 3 aromatic carbocycles. The number of hydrogen-bond acceptors (Lipinski definition) is 4. The Bertz CT molecular complexity index is 1340. The quantitative estimate of drug-likeness (QED) is 0.328. The summed E-state index contributed by atoms with van der Waals surface area (Å²) in [5.41, 5.74) is 2.05. The first-order valence-corrected chi connectivity index (χ1v) is 12.0. The van der Waals surface area contributed by atoms with E-state index in [2.05, 4.69) is 15.2 Å². The maximum absolute atomic E-state index is 13.3. The van der Waals surface area contributed by atoms with Crippen LogP contribution in [0.4, 0.5) is 4.39 Å². The molecule has 0 bridgehead atoms. The second-order valence-corrected chi connectivity index (χ2v) is 9.09. The van der Waals surface area contributed by atoms with Crippen LogP contribution in [0.5, 0.6) is 5.75 Å². The predicted molar refractivity (Wildman–Crippen MR) is 136 cm³/mol. The highest BCUT2D eigenvalue weighted by molar-refractivity contribution is 6.30. The van der Waals surface area contributed by atoms with Crippen molar-refractivity contribution >= 4 is 28.3 Å². The van der Waals surface area contributed by atoms with Crippen LogP contribution in [-0.4, -0.2) is 48.1 Å². The number of carbonyl (C=O) groups is 1. The lowest BCUT2D eigenvalue weighted by atomic mass is 10.0. The van der Waals surface area contributed by atoms with Crippen LogP contribution in [0.15, 0.2) is 78.9 Å². The van der Waals surface area contributed by atoms with E-state index in [1.807, 2.05) is 54.6 Å². The molecule has 0 spiro atoms. The van der Waals surface area contributed by atoms with Crippen LogP contribution >= 0.6 is 11.6 Å². The number of benzene rings is 3. The molecule has 1 aromatic heterocycles. The molecule has 2 heterocycles. The van der Waals surface area contributed by atoms with Gasteiger partial charge in [-0.1, -0.05) is 54.1 Å². The molecule has 4 aromatic rings. The number of rotatable bonds is 8. The summed E-state index contributed by atoms with van der Waals surface area (Å²) < 4.78 is 19.1. The molecule has 7 heteroatoms. The normalized spacial score (nSPS) is 14.0. The molecule has 0 unspecified atom stereocenters. The minimum Gasteiger partial charge on any atom is -0.488 e. The number of halogens is 2. The zero-order valence-electron chi connectivity index (χ0n) is 19.1. The maximum Gasteiger partial charge on any atom is 0.270 e. The number of amides is 1. The zero-order valence-corrected chi connectivity index (χ0v) is 19.8. The van der Waals surface area contributed by atoms with Crippen molar-refractivity contribution in [2.24, 2.45) is 0 Å². The molecule has 5 nitrogen and oxygen atoms in total. The van der Waals surface area contributed by atoms with E-state index in [1.54, 1.807) is 12.1 Å². The Labute approximate surface area is 208 Å². The number of ether oxygens (including phenoxy) is 1. The third kappa shape index (κ3) is 5.61. The molecule has 178 valence electrons. The fourth-order valence-corrected chi connectivity index (χ4v) is 4.37. The molecule has 0 saturated carbocycles. The van der Waals surface area contributed by atoms with Crippen molar-refractivity contribution in [1.82, 2.24) is 15.2 Å². The van der Waals surface area contributed by atoms with Crippen molar-refractivity contribution in [1.29, 1.82) is 0 Å². The van der Waals surface area contributed by atoms with Crippen LogP contribution in [0.25, 0.3) is 22.0 Å². The number of carbonyl (C=O) groups excluding carboxylic acids is 1. The molecule has 1 aliphatic rings. The first-order valence-electron chi connectivity index (χ1n) is 11.6. The topological polar surface area (TPSA) is 54.5 Å². The van der Waals surface area contributed by atoms with E-state index in [9.17, 15) is 9.18 Å². The summed E-state index contributed by atoms with van der Waals surface area (Å²) in [7, 11) is 0. The van der Waals surface area contributed by atoms with Crippen LogP contribution in [0, 0.1) is 5.82 Å². The highest BCUT2D eigenvalue weighted by atomic mass is 35.5. The molecule has 35 heavy (non-hydrogen) atoms. The van der Waals surface area contributed by atoms with Gasteiger partial charge in [0, 0.05) is 48.2 Å². The maximum atomic E-state index is 13.3. The Morgan fingerprint density at radius 2 is 1.86 bits per heavy atom. The third-order valence-corrected chi connectivity index (χ3v) is 6.31. The fraction of sp³-hybridized carbons (Fsp3) is 0.214. The fourth-order valence-electron chi connectivity index (χ4n) is 4.24. The summed E-state index contributed by atoms with van der Waals surface area (Å²) in [6, 6.07) is 23.4. The van der Waals surface area contributed by atoms with Gasteiger partial charge in [0.2, 0.25) is 0 Å². The zero-order chi connectivity index (χ0) is 24.2. The second kappa shape index (κ2) is 10.4. The van der Waals surface area contributed by atoms with Crippen LogP contribution in [0.2, 0.25) is 5.02 Å². The van der Waals surface area contributed by atoms with Gasteiger partial charge in [0.15, 0.2) is 0 Å². The summed E-state index contributed by atoms with van der Waals surface area (Å²) in [5.74, 6) is 0.0748. The molecule has 0 radical (unpaired) electrons. The monoisotopic (exact) mass is 489 g/mol. The summed E-state index contributed by atoms with van der Waals surface area (Å²) >= 11 is 6.03. The number of pyridine rings is 1. The Balaban J connectivity index is 1.16. The molecular formula is C28H25ClFN3O2. The highest BCUT2D eigenvalue weighted by Gasteiger charge is 2.28. The minimum atomic E-state index is -0.296. The molecular weight excluding hydrogens is 465 g/mol. The van der Waals surface area contributed by atoms with Gasteiger partial charge in [-0.15, -0.1) is 0 Å². The van der Waals surface area contributed by atoms with Crippen molar-refractivity contribution < 1.29 is 13.9 Å². The van der Waals surface area contributed by atoms with E-state index in [0.717, 1.165) is 48.1 Å². The summed E-state index contributed by atoms with van der Waals surface area (Å²) in [4.78, 5) is 20.0. The minimum absolute atomic E-state index is 0.0672. The first kappa shape index (κ1) is 23.3. The van der Waals surface area contributed by atoms with Crippen LogP contribution < -0.4 is 10.1 Å². The number of aromatic nitrogens is 1. The Morgan fingerprint density at radius 3 is 2.66 bits per heavy atom. The molecule has 1 N–H and O–H groups in total. The van der Waals surface area contributed by atoms with Crippen molar-refractivity contribution in [2.45, 2.75) is 12.5 Å². The van der Waals surface area contributed by atoms with Crippen molar-refractivity contribution in [3.63, 3.8) is 0 Å². The highest BCUT2D eigenvalue weighted by Crippen LogP contribution is 2.26. The van der Waals surface area contributed by atoms with Crippen molar-refractivity contribution in [3.05, 3.63) is 95.4 Å². The molecule has 0 aliphatic carbocycles. The van der Waals surface area contributed by atoms with Gasteiger partial charge in [-0.3, -0.25) is 9.69 Å². The molecule has 1 saturated heterocycles. The van der Waals surface area contributed by atoms with Crippen molar-refractivity contribution in [2.75, 3.05) is 26.2 Å². The van der Waals surface area contributed by atoms with Gasteiger partial charge in [0.05, 0.1) is 5.69 Å². The lowest BCUT2D eigenvalue weighted by molar-refractivity contribution is 0.0193. The van der Waals surface area contributed by atoms with E-state index < -0.39 is 0 Å². The van der Waals surface area contributed by atoms with E-state index in [-0.39, 0.29) is 17.8 Å². The van der Waals surface area contributed by atoms with E-state index in [4.69, 9.17) is 16.3 Å². The van der Waals surface area contributed by atoms with E-state index >= 15 is 0 Å². The molecule has 1 amide bonds. The van der Waals surface area contributed by atoms with Crippen molar-refractivity contribution in [3.8, 4) is 17.0 Å². The molecule has 0 atom stereocenters. The van der Waals surface area contributed by atoms with Crippen LogP contribution in [-0.2, 0) is 0 Å². The van der Waals surface area contributed by atoms with Crippen LogP contribution in [0.3, 0.4) is 0 Å².